The molecule has 0 heterocycles. The van der Waals surface area contributed by atoms with Crippen molar-refractivity contribution >= 4 is 0 Å². The van der Waals surface area contributed by atoms with Gasteiger partial charge in [-0.2, -0.15) is 0 Å². The van der Waals surface area contributed by atoms with E-state index in [1.54, 1.807) is 0 Å². The van der Waals surface area contributed by atoms with Crippen molar-refractivity contribution in [3.63, 3.8) is 0 Å². The van der Waals surface area contributed by atoms with Crippen molar-refractivity contribution in [1.29, 1.82) is 0 Å². The van der Waals surface area contributed by atoms with Crippen LogP contribution in [0.2, 0.25) is 0 Å². The van der Waals surface area contributed by atoms with E-state index in [1.807, 2.05) is 0 Å². The Labute approximate surface area is 193 Å². The lowest BCUT2D eigenvalue weighted by Gasteiger charge is -2.11. The standard InChI is InChI=1S/C30H58/c1-4-6-8-10-12-13-14-15-16-17-18-19-20-21-22-23-25-27-29-30(3)28-26-24-11-9-7-5-2/h18-19,30H,1-2,4-17,20-29H2,3H3/b19-18+. The van der Waals surface area contributed by atoms with E-state index in [2.05, 4.69) is 32.9 Å². The summed E-state index contributed by atoms with van der Waals surface area (Å²) in [5, 5.41) is 0. The molecule has 0 aromatic heterocycles. The number of unbranched alkanes of at least 4 members (excludes halogenated alkanes) is 19. The number of rotatable bonds is 25. The van der Waals surface area contributed by atoms with Crippen molar-refractivity contribution in [2.24, 2.45) is 5.92 Å². The van der Waals surface area contributed by atoms with Crippen LogP contribution in [0.4, 0.5) is 0 Å². The van der Waals surface area contributed by atoms with E-state index < -0.39 is 0 Å². The van der Waals surface area contributed by atoms with Gasteiger partial charge in [0.2, 0.25) is 0 Å². The summed E-state index contributed by atoms with van der Waals surface area (Å²) < 4.78 is 0. The van der Waals surface area contributed by atoms with Crippen molar-refractivity contribution in [3.05, 3.63) is 26.0 Å². The molecule has 1 atom stereocenters. The van der Waals surface area contributed by atoms with Crippen LogP contribution in [0.1, 0.15) is 161 Å². The van der Waals surface area contributed by atoms with Crippen molar-refractivity contribution in [3.8, 4) is 0 Å². The maximum Gasteiger partial charge on any atom is -0.0351 e. The molecule has 30 heavy (non-hydrogen) atoms. The van der Waals surface area contributed by atoms with Gasteiger partial charge in [-0.15, -0.1) is 0 Å². The highest BCUT2D eigenvalue weighted by Crippen LogP contribution is 2.18. The molecule has 0 bridgehead atoms. The van der Waals surface area contributed by atoms with Crippen LogP contribution in [-0.2, 0) is 0 Å². The third kappa shape index (κ3) is 25.8. The maximum atomic E-state index is 3.92. The second-order valence-corrected chi connectivity index (χ2v) is 9.80. The normalized spacial score (nSPS) is 12.8. The number of hydrogen-bond donors (Lipinski definition) is 0. The molecule has 178 valence electrons. The molecule has 1 unspecified atom stereocenters. The van der Waals surface area contributed by atoms with Crippen LogP contribution in [0.3, 0.4) is 0 Å². The minimum Gasteiger partial charge on any atom is -0.0885 e. The monoisotopic (exact) mass is 418 g/mol. The molecule has 0 amide bonds. The van der Waals surface area contributed by atoms with Crippen molar-refractivity contribution in [1.82, 2.24) is 0 Å². The quantitative estimate of drug-likeness (QED) is 0.102. The van der Waals surface area contributed by atoms with Gasteiger partial charge in [-0.3, -0.25) is 0 Å². The van der Waals surface area contributed by atoms with Gasteiger partial charge in [0, 0.05) is 0 Å². The third-order valence-corrected chi connectivity index (χ3v) is 6.55. The second-order valence-electron chi connectivity index (χ2n) is 9.80. The van der Waals surface area contributed by atoms with E-state index in [1.165, 1.54) is 141 Å². The van der Waals surface area contributed by atoms with E-state index in [0.717, 1.165) is 18.8 Å². The number of allylic oxidation sites excluding steroid dienone is 2. The molecule has 0 saturated carbocycles. The zero-order chi connectivity index (χ0) is 22.0. The highest BCUT2D eigenvalue weighted by Gasteiger charge is 2.02. The van der Waals surface area contributed by atoms with Gasteiger partial charge in [0.15, 0.2) is 0 Å². The summed E-state index contributed by atoms with van der Waals surface area (Å²) in [6, 6.07) is 0. The highest BCUT2D eigenvalue weighted by atomic mass is 14.1. The van der Waals surface area contributed by atoms with Gasteiger partial charge < -0.3 is 0 Å². The van der Waals surface area contributed by atoms with Gasteiger partial charge in [0.1, 0.15) is 0 Å². The molecule has 0 rings (SSSR count). The van der Waals surface area contributed by atoms with Crippen LogP contribution >= 0.6 is 0 Å². The molecule has 0 aliphatic carbocycles. The van der Waals surface area contributed by atoms with Crippen LogP contribution < -0.4 is 0 Å². The number of hydrogen-bond acceptors (Lipinski definition) is 0. The van der Waals surface area contributed by atoms with E-state index in [0.29, 0.717) is 0 Å². The predicted molar refractivity (Wildman–Crippen MR) is 140 cm³/mol. The predicted octanol–water partition coefficient (Wildman–Crippen LogP) is 11.2. The topological polar surface area (TPSA) is 0 Å². The Hall–Kier alpha value is -0.260. The van der Waals surface area contributed by atoms with Crippen LogP contribution in [0.5, 0.6) is 0 Å². The minimum atomic E-state index is 0.944. The van der Waals surface area contributed by atoms with E-state index in [-0.39, 0.29) is 0 Å². The Morgan fingerprint density at radius 3 is 1.10 bits per heavy atom. The summed E-state index contributed by atoms with van der Waals surface area (Å²) in [5.74, 6) is 0.944. The fourth-order valence-electron chi connectivity index (χ4n) is 4.36. The van der Waals surface area contributed by atoms with Gasteiger partial charge in [-0.25, -0.2) is 0 Å². The van der Waals surface area contributed by atoms with Crippen molar-refractivity contribution < 1.29 is 0 Å². The molecule has 0 aliphatic heterocycles. The Kier molecular flexibility index (Phi) is 26.5. The first-order valence-electron chi connectivity index (χ1n) is 14.0. The van der Waals surface area contributed by atoms with E-state index in [9.17, 15) is 0 Å². The fraction of sp³-hybridized carbons (Fsp3) is 0.867. The molecule has 0 nitrogen and oxygen atoms in total. The van der Waals surface area contributed by atoms with Gasteiger partial charge >= 0.3 is 0 Å². The van der Waals surface area contributed by atoms with Crippen LogP contribution in [0, 0.1) is 19.8 Å². The van der Waals surface area contributed by atoms with Crippen LogP contribution in [-0.4, -0.2) is 0 Å². The zero-order valence-corrected chi connectivity index (χ0v) is 21.1. The van der Waals surface area contributed by atoms with Crippen molar-refractivity contribution in [2.45, 2.75) is 161 Å². The molecule has 2 radical (unpaired) electrons. The molecule has 0 N–H and O–H groups in total. The second kappa shape index (κ2) is 26.8. The molecule has 0 aliphatic rings. The summed E-state index contributed by atoms with van der Waals surface area (Å²) in [5.41, 5.74) is 0. The summed E-state index contributed by atoms with van der Waals surface area (Å²) >= 11 is 0. The summed E-state index contributed by atoms with van der Waals surface area (Å²) in [7, 11) is 0. The average molecular weight is 419 g/mol. The lowest BCUT2D eigenvalue weighted by Crippen LogP contribution is -1.95. The molecular weight excluding hydrogens is 360 g/mol. The molecule has 0 aromatic rings. The summed E-state index contributed by atoms with van der Waals surface area (Å²) in [6.45, 7) is 10.3. The van der Waals surface area contributed by atoms with Crippen LogP contribution in [0.25, 0.3) is 0 Å². The first-order valence-corrected chi connectivity index (χ1v) is 14.0. The van der Waals surface area contributed by atoms with Gasteiger partial charge in [-0.1, -0.05) is 161 Å². The van der Waals surface area contributed by atoms with Gasteiger partial charge in [0.05, 0.1) is 0 Å². The maximum absolute atomic E-state index is 3.92. The van der Waals surface area contributed by atoms with Crippen LogP contribution in [0.15, 0.2) is 12.2 Å². The first kappa shape index (κ1) is 29.7. The molecule has 0 fully saturated rings. The fourth-order valence-corrected chi connectivity index (χ4v) is 4.36. The molecule has 0 spiro atoms. The zero-order valence-electron chi connectivity index (χ0n) is 21.1. The van der Waals surface area contributed by atoms with Gasteiger partial charge in [0.25, 0.3) is 0 Å². The largest absolute Gasteiger partial charge is 0.0885 e. The smallest absolute Gasteiger partial charge is 0.0351 e. The Bertz CT molecular complexity index is 316. The first-order chi connectivity index (χ1) is 14.8. The Balaban J connectivity index is 3.17. The summed E-state index contributed by atoms with van der Waals surface area (Å²) in [4.78, 5) is 0. The third-order valence-electron chi connectivity index (χ3n) is 6.55. The minimum absolute atomic E-state index is 0.944. The molecule has 0 aromatic carbocycles. The molecule has 0 saturated heterocycles. The highest BCUT2D eigenvalue weighted by molar-refractivity contribution is 4.81. The average Bonchev–Trinajstić information content (AvgIpc) is 2.75. The van der Waals surface area contributed by atoms with E-state index >= 15 is 0 Å². The lowest BCUT2D eigenvalue weighted by molar-refractivity contribution is 0.432. The molecular formula is C30H58. The van der Waals surface area contributed by atoms with Crippen molar-refractivity contribution in [2.75, 3.05) is 0 Å². The Morgan fingerprint density at radius 2 is 0.733 bits per heavy atom. The molecule has 0 heteroatoms. The summed E-state index contributed by atoms with van der Waals surface area (Å²) in [6.07, 6.45) is 38.1. The SMILES string of the molecule is [CH2]CCCCCCCCCC/C=C/CCCCCCCC(C)CCCCCCC[CH2]. The van der Waals surface area contributed by atoms with Gasteiger partial charge in [-0.05, 0) is 31.6 Å². The Morgan fingerprint density at radius 1 is 0.433 bits per heavy atom. The van der Waals surface area contributed by atoms with E-state index in [4.69, 9.17) is 0 Å². The lowest BCUT2D eigenvalue weighted by atomic mass is 9.96.